The monoisotopic (exact) mass is 278 g/mol. The Morgan fingerprint density at radius 3 is 2.65 bits per heavy atom. The summed E-state index contributed by atoms with van der Waals surface area (Å²) < 4.78 is 0. The van der Waals surface area contributed by atoms with Gasteiger partial charge in [-0.1, -0.05) is 13.8 Å². The van der Waals surface area contributed by atoms with E-state index in [1.807, 2.05) is 0 Å². The molecule has 0 saturated carbocycles. The van der Waals surface area contributed by atoms with Gasteiger partial charge in [0.1, 0.15) is 0 Å². The van der Waals surface area contributed by atoms with Crippen molar-refractivity contribution in [3.8, 4) is 0 Å². The van der Waals surface area contributed by atoms with E-state index < -0.39 is 0 Å². The average Bonchev–Trinajstić information content (AvgIpc) is 2.53. The molecule has 0 amide bonds. The SMILES string of the molecule is CCc1nnc(N2CCCC(CO)C2)c(CN)c1CC. The molecule has 2 rings (SSSR count). The molecule has 20 heavy (non-hydrogen) atoms. The number of hydrogen-bond acceptors (Lipinski definition) is 5. The summed E-state index contributed by atoms with van der Waals surface area (Å²) in [7, 11) is 0. The predicted octanol–water partition coefficient (Wildman–Crippen LogP) is 1.27. The molecule has 2 heterocycles. The fourth-order valence-electron chi connectivity index (χ4n) is 3.11. The molecule has 0 aliphatic carbocycles. The van der Waals surface area contributed by atoms with E-state index in [1.165, 1.54) is 5.56 Å². The Bertz CT molecular complexity index is 450. The van der Waals surface area contributed by atoms with E-state index in [9.17, 15) is 5.11 Å². The number of anilines is 1. The smallest absolute Gasteiger partial charge is 0.156 e. The number of piperidine rings is 1. The minimum atomic E-state index is 0.246. The molecule has 112 valence electrons. The second-order valence-corrected chi connectivity index (χ2v) is 5.48. The molecule has 0 radical (unpaired) electrons. The Morgan fingerprint density at radius 1 is 1.25 bits per heavy atom. The number of aliphatic hydroxyl groups is 1. The van der Waals surface area contributed by atoms with Crippen molar-refractivity contribution in [3.05, 3.63) is 16.8 Å². The van der Waals surface area contributed by atoms with Gasteiger partial charge in [-0.25, -0.2) is 0 Å². The number of nitrogens with two attached hydrogens (primary N) is 1. The van der Waals surface area contributed by atoms with Gasteiger partial charge in [0.05, 0.1) is 5.69 Å². The Hall–Kier alpha value is -1.20. The number of nitrogens with zero attached hydrogens (tertiary/aromatic N) is 3. The standard InChI is InChI=1S/C15H26N4O/c1-3-12-13(8-16)15(18-17-14(12)4-2)19-7-5-6-11(9-19)10-20/h11,20H,3-10,16H2,1-2H3. The minimum Gasteiger partial charge on any atom is -0.396 e. The summed E-state index contributed by atoms with van der Waals surface area (Å²) in [5, 5.41) is 18.2. The van der Waals surface area contributed by atoms with Crippen molar-refractivity contribution in [1.29, 1.82) is 0 Å². The zero-order valence-corrected chi connectivity index (χ0v) is 12.6. The number of aromatic nitrogens is 2. The third kappa shape index (κ3) is 2.94. The van der Waals surface area contributed by atoms with Crippen LogP contribution in [0, 0.1) is 5.92 Å². The van der Waals surface area contributed by atoms with Crippen molar-refractivity contribution in [1.82, 2.24) is 10.2 Å². The van der Waals surface area contributed by atoms with E-state index in [1.54, 1.807) is 0 Å². The van der Waals surface area contributed by atoms with Crippen molar-refractivity contribution in [2.75, 3.05) is 24.6 Å². The van der Waals surface area contributed by atoms with Crippen LogP contribution in [-0.2, 0) is 19.4 Å². The predicted molar refractivity (Wildman–Crippen MR) is 80.7 cm³/mol. The van der Waals surface area contributed by atoms with Crippen LogP contribution in [0.15, 0.2) is 0 Å². The lowest BCUT2D eigenvalue weighted by atomic mass is 9.97. The first-order chi connectivity index (χ1) is 9.74. The van der Waals surface area contributed by atoms with E-state index in [0.717, 1.165) is 55.8 Å². The van der Waals surface area contributed by atoms with E-state index in [0.29, 0.717) is 12.5 Å². The first-order valence-electron chi connectivity index (χ1n) is 7.68. The first kappa shape index (κ1) is 15.2. The van der Waals surface area contributed by atoms with Crippen LogP contribution in [0.2, 0.25) is 0 Å². The largest absolute Gasteiger partial charge is 0.396 e. The Kier molecular flexibility index (Phi) is 5.31. The van der Waals surface area contributed by atoms with Gasteiger partial charge in [-0.05, 0) is 37.2 Å². The molecule has 1 fully saturated rings. The molecule has 5 heteroatoms. The van der Waals surface area contributed by atoms with Gasteiger partial charge in [-0.2, -0.15) is 5.10 Å². The molecule has 0 spiro atoms. The topological polar surface area (TPSA) is 75.3 Å². The summed E-state index contributed by atoms with van der Waals surface area (Å²) >= 11 is 0. The maximum atomic E-state index is 9.38. The van der Waals surface area contributed by atoms with Crippen molar-refractivity contribution >= 4 is 5.82 Å². The van der Waals surface area contributed by atoms with Gasteiger partial charge < -0.3 is 15.7 Å². The summed E-state index contributed by atoms with van der Waals surface area (Å²) in [5.41, 5.74) is 9.44. The van der Waals surface area contributed by atoms with Crippen molar-refractivity contribution < 1.29 is 5.11 Å². The molecule has 5 nitrogen and oxygen atoms in total. The molecule has 0 aromatic carbocycles. The third-order valence-electron chi connectivity index (χ3n) is 4.22. The van der Waals surface area contributed by atoms with E-state index in [-0.39, 0.29) is 6.61 Å². The van der Waals surface area contributed by atoms with E-state index >= 15 is 0 Å². The summed E-state index contributed by atoms with van der Waals surface area (Å²) in [6.45, 7) is 6.83. The van der Waals surface area contributed by atoms with Crippen LogP contribution in [0.5, 0.6) is 0 Å². The number of hydrogen-bond donors (Lipinski definition) is 2. The van der Waals surface area contributed by atoms with Crippen LogP contribution in [0.4, 0.5) is 5.82 Å². The summed E-state index contributed by atoms with van der Waals surface area (Å²) in [5.74, 6) is 1.27. The normalized spacial score (nSPS) is 19.4. The quantitative estimate of drug-likeness (QED) is 0.848. The van der Waals surface area contributed by atoms with Gasteiger partial charge in [0.25, 0.3) is 0 Å². The molecule has 3 N–H and O–H groups in total. The van der Waals surface area contributed by atoms with Crippen LogP contribution >= 0.6 is 0 Å². The molecule has 1 aromatic rings. The minimum absolute atomic E-state index is 0.246. The highest BCUT2D eigenvalue weighted by atomic mass is 16.3. The van der Waals surface area contributed by atoms with Gasteiger partial charge in [0, 0.05) is 31.8 Å². The Morgan fingerprint density at radius 2 is 2.05 bits per heavy atom. The van der Waals surface area contributed by atoms with Gasteiger partial charge in [0.15, 0.2) is 5.82 Å². The summed E-state index contributed by atoms with van der Waals surface area (Å²) in [4.78, 5) is 2.25. The highest BCUT2D eigenvalue weighted by molar-refractivity contribution is 5.51. The van der Waals surface area contributed by atoms with Gasteiger partial charge in [0.2, 0.25) is 0 Å². The van der Waals surface area contributed by atoms with Crippen molar-refractivity contribution in [2.45, 2.75) is 46.1 Å². The lowest BCUT2D eigenvalue weighted by molar-refractivity contribution is 0.208. The molecular weight excluding hydrogens is 252 g/mol. The van der Waals surface area contributed by atoms with Gasteiger partial charge >= 0.3 is 0 Å². The highest BCUT2D eigenvalue weighted by Crippen LogP contribution is 2.27. The lowest BCUT2D eigenvalue weighted by Crippen LogP contribution is -2.38. The van der Waals surface area contributed by atoms with Gasteiger partial charge in [-0.15, -0.1) is 5.10 Å². The van der Waals surface area contributed by atoms with Crippen molar-refractivity contribution in [2.24, 2.45) is 11.7 Å². The highest BCUT2D eigenvalue weighted by Gasteiger charge is 2.24. The fourth-order valence-corrected chi connectivity index (χ4v) is 3.11. The zero-order valence-electron chi connectivity index (χ0n) is 12.6. The maximum absolute atomic E-state index is 9.38. The third-order valence-corrected chi connectivity index (χ3v) is 4.22. The van der Waals surface area contributed by atoms with E-state index in [4.69, 9.17) is 5.73 Å². The number of aryl methyl sites for hydroxylation is 1. The second-order valence-electron chi connectivity index (χ2n) is 5.48. The zero-order chi connectivity index (χ0) is 14.5. The Labute approximate surface area is 121 Å². The molecule has 1 aliphatic heterocycles. The Balaban J connectivity index is 2.35. The van der Waals surface area contributed by atoms with Crippen LogP contribution in [0.3, 0.4) is 0 Å². The second kappa shape index (κ2) is 6.99. The summed E-state index contributed by atoms with van der Waals surface area (Å²) in [6, 6.07) is 0. The van der Waals surface area contributed by atoms with Crippen LogP contribution in [0.1, 0.15) is 43.5 Å². The molecule has 1 aliphatic rings. The first-order valence-corrected chi connectivity index (χ1v) is 7.68. The average molecular weight is 278 g/mol. The lowest BCUT2D eigenvalue weighted by Gasteiger charge is -2.34. The molecule has 1 atom stereocenters. The van der Waals surface area contributed by atoms with Crippen molar-refractivity contribution in [3.63, 3.8) is 0 Å². The molecule has 1 aromatic heterocycles. The number of aliphatic hydroxyl groups excluding tert-OH is 1. The van der Waals surface area contributed by atoms with Crippen LogP contribution < -0.4 is 10.6 Å². The summed E-state index contributed by atoms with van der Waals surface area (Å²) in [6.07, 6.45) is 4.01. The van der Waals surface area contributed by atoms with E-state index in [2.05, 4.69) is 28.9 Å². The molecule has 1 unspecified atom stereocenters. The number of rotatable bonds is 5. The molecule has 1 saturated heterocycles. The van der Waals surface area contributed by atoms with Crippen LogP contribution in [0.25, 0.3) is 0 Å². The molecule has 0 bridgehead atoms. The van der Waals surface area contributed by atoms with Gasteiger partial charge in [-0.3, -0.25) is 0 Å². The van der Waals surface area contributed by atoms with Crippen LogP contribution in [-0.4, -0.2) is 35.0 Å². The molecular formula is C15H26N4O. The fraction of sp³-hybridized carbons (Fsp3) is 0.733. The maximum Gasteiger partial charge on any atom is 0.156 e.